The SMILES string of the molecule is CC(P)(P)c1ncc2cnc(-c3cnc(OCC(F)(F)F)c(F)c3)cn12. The van der Waals surface area contributed by atoms with E-state index in [1.54, 1.807) is 23.0 Å². The average molecular weight is 404 g/mol. The van der Waals surface area contributed by atoms with Crippen molar-refractivity contribution in [2.75, 3.05) is 6.61 Å². The summed E-state index contributed by atoms with van der Waals surface area (Å²) in [6.45, 7) is 0.324. The van der Waals surface area contributed by atoms with Gasteiger partial charge in [-0.05, 0) is 13.0 Å². The predicted molar refractivity (Wildman–Crippen MR) is 94.5 cm³/mol. The molecule has 2 unspecified atom stereocenters. The van der Waals surface area contributed by atoms with E-state index in [0.29, 0.717) is 11.3 Å². The van der Waals surface area contributed by atoms with Gasteiger partial charge in [-0.1, -0.05) is 0 Å². The molecule has 0 aliphatic heterocycles. The van der Waals surface area contributed by atoms with E-state index >= 15 is 0 Å². The van der Waals surface area contributed by atoms with Crippen molar-refractivity contribution < 1.29 is 22.3 Å². The normalized spacial score (nSPS) is 12.6. The summed E-state index contributed by atoms with van der Waals surface area (Å²) >= 11 is 0. The monoisotopic (exact) mass is 404 g/mol. The molecule has 3 aromatic rings. The van der Waals surface area contributed by atoms with E-state index in [2.05, 4.69) is 38.2 Å². The first-order valence-electron chi connectivity index (χ1n) is 7.31. The predicted octanol–water partition coefficient (Wildman–Crippen LogP) is 3.79. The van der Waals surface area contributed by atoms with Crippen LogP contribution in [0.3, 0.4) is 0 Å². The van der Waals surface area contributed by atoms with Gasteiger partial charge in [-0.2, -0.15) is 13.2 Å². The Bertz CT molecular complexity index is 953. The molecule has 0 aliphatic rings. The molecule has 0 bridgehead atoms. The van der Waals surface area contributed by atoms with Gasteiger partial charge in [0.2, 0.25) is 0 Å². The zero-order valence-electron chi connectivity index (χ0n) is 13.5. The van der Waals surface area contributed by atoms with Gasteiger partial charge in [0, 0.05) is 18.0 Å². The van der Waals surface area contributed by atoms with E-state index in [4.69, 9.17) is 0 Å². The highest BCUT2D eigenvalue weighted by Crippen LogP contribution is 2.37. The highest BCUT2D eigenvalue weighted by Gasteiger charge is 2.29. The molecule has 0 aliphatic carbocycles. The van der Waals surface area contributed by atoms with Crippen molar-refractivity contribution in [1.82, 2.24) is 19.4 Å². The average Bonchev–Trinajstić information content (AvgIpc) is 2.96. The molecule has 0 saturated carbocycles. The third kappa shape index (κ3) is 4.10. The summed E-state index contributed by atoms with van der Waals surface area (Å²) in [6.07, 6.45) is 1.53. The van der Waals surface area contributed by atoms with Crippen LogP contribution in [0.1, 0.15) is 12.7 Å². The maximum atomic E-state index is 14.0. The summed E-state index contributed by atoms with van der Waals surface area (Å²) in [6, 6.07) is 1.03. The fraction of sp³-hybridized carbons (Fsp3) is 0.267. The minimum atomic E-state index is -4.57. The third-order valence-electron chi connectivity index (χ3n) is 3.37. The number of fused-ring (bicyclic) bond motifs is 1. The Kier molecular flexibility index (Phi) is 4.88. The first kappa shape index (κ1) is 18.9. The van der Waals surface area contributed by atoms with E-state index in [0.717, 1.165) is 17.4 Å². The largest absolute Gasteiger partial charge is 0.466 e. The molecule has 11 heteroatoms. The zero-order valence-corrected chi connectivity index (χ0v) is 15.8. The molecule has 3 aromatic heterocycles. The molecular weight excluding hydrogens is 390 g/mol. The van der Waals surface area contributed by atoms with Crippen molar-refractivity contribution in [2.45, 2.75) is 18.0 Å². The lowest BCUT2D eigenvalue weighted by molar-refractivity contribution is -0.154. The number of alkyl halides is 3. The zero-order chi connectivity index (χ0) is 19.1. The number of hydrogen-bond acceptors (Lipinski definition) is 4. The highest BCUT2D eigenvalue weighted by molar-refractivity contribution is 7.38. The lowest BCUT2D eigenvalue weighted by atomic mass is 10.2. The van der Waals surface area contributed by atoms with Crippen molar-refractivity contribution in [3.8, 4) is 17.1 Å². The Morgan fingerprint density at radius 2 is 1.81 bits per heavy atom. The van der Waals surface area contributed by atoms with Crippen LogP contribution in [-0.2, 0) is 4.90 Å². The van der Waals surface area contributed by atoms with Gasteiger partial charge in [0.1, 0.15) is 5.82 Å². The van der Waals surface area contributed by atoms with E-state index < -0.39 is 24.5 Å². The van der Waals surface area contributed by atoms with E-state index in [-0.39, 0.29) is 4.90 Å². The van der Waals surface area contributed by atoms with Gasteiger partial charge >= 0.3 is 6.18 Å². The molecule has 0 aromatic carbocycles. The van der Waals surface area contributed by atoms with Crippen LogP contribution in [-0.4, -0.2) is 32.1 Å². The highest BCUT2D eigenvalue weighted by atomic mass is 31.1. The van der Waals surface area contributed by atoms with Gasteiger partial charge in [0.05, 0.1) is 28.5 Å². The second kappa shape index (κ2) is 6.71. The maximum Gasteiger partial charge on any atom is 0.422 e. The first-order chi connectivity index (χ1) is 12.0. The summed E-state index contributed by atoms with van der Waals surface area (Å²) in [5, 5.41) is 0. The number of aromatic nitrogens is 4. The summed E-state index contributed by atoms with van der Waals surface area (Å²) in [4.78, 5) is 11.8. The molecule has 26 heavy (non-hydrogen) atoms. The molecule has 0 saturated heterocycles. The molecule has 3 rings (SSSR count). The summed E-state index contributed by atoms with van der Waals surface area (Å²) in [5.41, 5.74) is 1.45. The Balaban J connectivity index is 1.95. The molecule has 5 nitrogen and oxygen atoms in total. The Morgan fingerprint density at radius 3 is 2.42 bits per heavy atom. The molecule has 0 amide bonds. The number of nitrogens with zero attached hydrogens (tertiary/aromatic N) is 4. The third-order valence-corrected chi connectivity index (χ3v) is 3.89. The number of pyridine rings is 1. The van der Waals surface area contributed by atoms with Crippen LogP contribution in [0.25, 0.3) is 16.8 Å². The van der Waals surface area contributed by atoms with Crippen molar-refractivity contribution in [2.24, 2.45) is 0 Å². The van der Waals surface area contributed by atoms with Crippen LogP contribution in [0.5, 0.6) is 5.88 Å². The molecule has 0 spiro atoms. The fourth-order valence-electron chi connectivity index (χ4n) is 2.27. The summed E-state index contributed by atoms with van der Waals surface area (Å²) in [7, 11) is 5.30. The van der Waals surface area contributed by atoms with Crippen LogP contribution in [0.4, 0.5) is 17.6 Å². The van der Waals surface area contributed by atoms with Crippen molar-refractivity contribution in [3.05, 3.63) is 42.5 Å². The van der Waals surface area contributed by atoms with Crippen molar-refractivity contribution in [1.29, 1.82) is 0 Å². The summed E-state index contributed by atoms with van der Waals surface area (Å²) in [5.74, 6) is -0.982. The molecule has 0 N–H and O–H groups in total. The lowest BCUT2D eigenvalue weighted by Crippen LogP contribution is -2.20. The maximum absolute atomic E-state index is 14.0. The lowest BCUT2D eigenvalue weighted by Gasteiger charge is -2.16. The van der Waals surface area contributed by atoms with Crippen LogP contribution >= 0.6 is 18.5 Å². The topological polar surface area (TPSA) is 52.3 Å². The van der Waals surface area contributed by atoms with Crippen LogP contribution < -0.4 is 4.74 Å². The fourth-order valence-corrected chi connectivity index (χ4v) is 2.69. The second-order valence-electron chi connectivity index (χ2n) is 5.85. The van der Waals surface area contributed by atoms with Crippen molar-refractivity contribution in [3.63, 3.8) is 0 Å². The van der Waals surface area contributed by atoms with Crippen LogP contribution in [0.15, 0.2) is 30.9 Å². The minimum absolute atomic E-state index is 0.303. The number of hydrogen-bond donors (Lipinski definition) is 0. The van der Waals surface area contributed by atoms with Crippen molar-refractivity contribution >= 4 is 24.0 Å². The van der Waals surface area contributed by atoms with Gasteiger partial charge in [-0.25, -0.2) is 14.4 Å². The minimum Gasteiger partial charge on any atom is -0.466 e. The number of rotatable bonds is 4. The van der Waals surface area contributed by atoms with E-state index in [1.165, 1.54) is 6.20 Å². The Morgan fingerprint density at radius 1 is 1.12 bits per heavy atom. The van der Waals surface area contributed by atoms with Gasteiger partial charge in [0.25, 0.3) is 5.88 Å². The molecule has 0 radical (unpaired) electrons. The number of imidazole rings is 1. The van der Waals surface area contributed by atoms with E-state index in [1.807, 2.05) is 6.92 Å². The van der Waals surface area contributed by atoms with Crippen LogP contribution in [0, 0.1) is 5.82 Å². The van der Waals surface area contributed by atoms with Gasteiger partial charge < -0.3 is 4.74 Å². The molecule has 0 fully saturated rings. The van der Waals surface area contributed by atoms with E-state index in [9.17, 15) is 17.6 Å². The first-order valence-corrected chi connectivity index (χ1v) is 8.47. The smallest absolute Gasteiger partial charge is 0.422 e. The molecule has 138 valence electrons. The second-order valence-corrected chi connectivity index (χ2v) is 8.91. The van der Waals surface area contributed by atoms with Gasteiger partial charge in [-0.3, -0.25) is 9.38 Å². The molecule has 3 heterocycles. The Hall–Kier alpha value is -1.85. The molecular formula is C15H14F4N4OP2. The van der Waals surface area contributed by atoms with Crippen LogP contribution in [0.2, 0.25) is 0 Å². The van der Waals surface area contributed by atoms with Gasteiger partial charge in [-0.15, -0.1) is 18.5 Å². The Labute approximate surface area is 150 Å². The number of halogens is 4. The number of ether oxygens (including phenoxy) is 1. The summed E-state index contributed by atoms with van der Waals surface area (Å²) < 4.78 is 56.7. The van der Waals surface area contributed by atoms with Gasteiger partial charge in [0.15, 0.2) is 12.4 Å². The standard InChI is InChI=1S/C15H14F4N4OP2/c1-14(25,26)13-22-5-9-4-20-11(6-23(9)13)8-2-10(16)12(21-3-8)24-7-15(17,18)19/h2-6H,7,25-26H2,1H3. The quantitative estimate of drug-likeness (QED) is 0.491. The molecule has 2 atom stereocenters.